The van der Waals surface area contributed by atoms with Gasteiger partial charge >= 0.3 is 0 Å². The summed E-state index contributed by atoms with van der Waals surface area (Å²) in [5.74, 6) is 2.68. The van der Waals surface area contributed by atoms with Crippen LogP contribution in [0, 0.1) is 6.92 Å². The molecule has 1 N–H and O–H groups in total. The van der Waals surface area contributed by atoms with Gasteiger partial charge in [0.25, 0.3) is 5.91 Å². The van der Waals surface area contributed by atoms with E-state index < -0.39 is 0 Å². The molecule has 0 aromatic heterocycles. The topological polar surface area (TPSA) is 29.1 Å². The minimum atomic E-state index is -0.00176. The van der Waals surface area contributed by atoms with E-state index in [1.807, 2.05) is 42.1 Å². The number of rotatable bonds is 9. The lowest BCUT2D eigenvalue weighted by Gasteiger charge is -2.09. The Morgan fingerprint density at radius 2 is 1.92 bits per heavy atom. The number of nitrogens with one attached hydrogen (secondary N) is 1. The fourth-order valence-corrected chi connectivity index (χ4v) is 3.74. The minimum Gasteiger partial charge on any atom is -0.351 e. The highest BCUT2D eigenvalue weighted by molar-refractivity contribution is 7.99. The van der Waals surface area contributed by atoms with Gasteiger partial charge in [-0.25, -0.2) is 0 Å². The van der Waals surface area contributed by atoms with Crippen molar-refractivity contribution < 1.29 is 4.79 Å². The monoisotopic (exact) mass is 357 g/mol. The van der Waals surface area contributed by atoms with Gasteiger partial charge in [-0.15, -0.1) is 18.3 Å². The summed E-state index contributed by atoms with van der Waals surface area (Å²) in [7, 11) is 0. The first-order valence-corrected chi connectivity index (χ1v) is 10.1. The zero-order valence-corrected chi connectivity index (χ0v) is 15.6. The van der Waals surface area contributed by atoms with Crippen LogP contribution in [0.3, 0.4) is 0 Å². The Morgan fingerprint density at radius 1 is 1.17 bits per heavy atom. The van der Waals surface area contributed by atoms with E-state index in [4.69, 9.17) is 0 Å². The fraction of sp³-hybridized carbons (Fsp3) is 0.250. The maximum Gasteiger partial charge on any atom is 0.252 e. The van der Waals surface area contributed by atoms with Crippen molar-refractivity contribution in [3.63, 3.8) is 0 Å². The molecular formula is C20H23NOS2. The van der Waals surface area contributed by atoms with Gasteiger partial charge in [-0.2, -0.15) is 11.8 Å². The molecule has 0 atom stereocenters. The van der Waals surface area contributed by atoms with E-state index in [9.17, 15) is 4.79 Å². The molecule has 0 aliphatic heterocycles. The van der Waals surface area contributed by atoms with Crippen LogP contribution in [0.15, 0.2) is 66.1 Å². The molecule has 0 fully saturated rings. The fourth-order valence-electron chi connectivity index (χ4n) is 2.14. The maximum absolute atomic E-state index is 12.3. The number of carbonyl (C=O) groups excluding carboxylic acids is 1. The van der Waals surface area contributed by atoms with Crippen LogP contribution in [0.5, 0.6) is 0 Å². The van der Waals surface area contributed by atoms with Crippen molar-refractivity contribution in [1.82, 2.24) is 5.32 Å². The van der Waals surface area contributed by atoms with Crippen LogP contribution in [0.1, 0.15) is 21.5 Å². The Morgan fingerprint density at radius 3 is 2.67 bits per heavy atom. The lowest BCUT2D eigenvalue weighted by molar-refractivity contribution is 0.0953. The van der Waals surface area contributed by atoms with Gasteiger partial charge in [-0.05, 0) is 24.6 Å². The Hall–Kier alpha value is -1.65. The molecule has 0 bridgehead atoms. The normalized spacial score (nSPS) is 10.4. The highest BCUT2D eigenvalue weighted by Crippen LogP contribution is 2.22. The molecule has 0 heterocycles. The van der Waals surface area contributed by atoms with Crippen molar-refractivity contribution in [2.24, 2.45) is 0 Å². The average Bonchev–Trinajstić information content (AvgIpc) is 2.61. The van der Waals surface area contributed by atoms with Gasteiger partial charge < -0.3 is 5.32 Å². The average molecular weight is 358 g/mol. The third-order valence-corrected chi connectivity index (χ3v) is 5.51. The first-order chi connectivity index (χ1) is 11.7. The maximum atomic E-state index is 12.3. The number of aryl methyl sites for hydroxylation is 1. The molecule has 1 amide bonds. The second-order valence-electron chi connectivity index (χ2n) is 5.39. The summed E-state index contributed by atoms with van der Waals surface area (Å²) < 4.78 is 0. The van der Waals surface area contributed by atoms with Crippen molar-refractivity contribution >= 4 is 29.4 Å². The van der Waals surface area contributed by atoms with Crippen molar-refractivity contribution in [2.45, 2.75) is 17.6 Å². The van der Waals surface area contributed by atoms with Crippen LogP contribution in [-0.2, 0) is 5.75 Å². The molecular weight excluding hydrogens is 334 g/mol. The summed E-state index contributed by atoms with van der Waals surface area (Å²) in [5, 5.41) is 3.01. The predicted molar refractivity (Wildman–Crippen MR) is 107 cm³/mol. The molecule has 4 heteroatoms. The van der Waals surface area contributed by atoms with E-state index in [1.165, 1.54) is 11.1 Å². The summed E-state index contributed by atoms with van der Waals surface area (Å²) in [6.45, 7) is 6.50. The summed E-state index contributed by atoms with van der Waals surface area (Å²) in [6.07, 6.45) is 1.85. The van der Waals surface area contributed by atoms with Crippen LogP contribution < -0.4 is 5.32 Å². The molecule has 0 unspecified atom stereocenters. The number of amides is 1. The van der Waals surface area contributed by atoms with Gasteiger partial charge in [0, 0.05) is 28.7 Å². The molecule has 24 heavy (non-hydrogen) atoms. The number of hydrogen-bond acceptors (Lipinski definition) is 3. The molecule has 0 aliphatic rings. The summed E-state index contributed by atoms with van der Waals surface area (Å²) in [5.41, 5.74) is 3.35. The molecule has 2 aromatic carbocycles. The van der Waals surface area contributed by atoms with Crippen LogP contribution in [0.25, 0.3) is 0 Å². The Balaban J connectivity index is 1.75. The van der Waals surface area contributed by atoms with Crippen LogP contribution in [-0.4, -0.2) is 24.0 Å². The first kappa shape index (κ1) is 18.7. The third-order valence-electron chi connectivity index (χ3n) is 3.41. The smallest absolute Gasteiger partial charge is 0.252 e. The van der Waals surface area contributed by atoms with E-state index >= 15 is 0 Å². The summed E-state index contributed by atoms with van der Waals surface area (Å²) >= 11 is 3.47. The van der Waals surface area contributed by atoms with Crippen molar-refractivity contribution in [2.75, 3.05) is 18.1 Å². The second-order valence-corrected chi connectivity index (χ2v) is 7.56. The van der Waals surface area contributed by atoms with Gasteiger partial charge in [-0.3, -0.25) is 4.79 Å². The predicted octanol–water partition coefficient (Wildman–Crippen LogP) is 4.94. The zero-order valence-electron chi connectivity index (χ0n) is 14.0. The van der Waals surface area contributed by atoms with Crippen molar-refractivity contribution in [3.05, 3.63) is 77.9 Å². The Kier molecular flexibility index (Phi) is 7.99. The van der Waals surface area contributed by atoms with Gasteiger partial charge in [-0.1, -0.05) is 48.0 Å². The lowest BCUT2D eigenvalue weighted by atomic mass is 10.2. The van der Waals surface area contributed by atoms with Crippen molar-refractivity contribution in [1.29, 1.82) is 0 Å². The quantitative estimate of drug-likeness (QED) is 0.392. The van der Waals surface area contributed by atoms with E-state index in [1.54, 1.807) is 11.8 Å². The second kappa shape index (κ2) is 10.3. The van der Waals surface area contributed by atoms with E-state index in [2.05, 4.69) is 43.1 Å². The highest BCUT2D eigenvalue weighted by atomic mass is 32.2. The molecule has 2 rings (SSSR count). The SMILES string of the molecule is C=CCSc1ccccc1C(=O)NCCSCc1ccc(C)cc1. The zero-order chi connectivity index (χ0) is 17.2. The molecule has 126 valence electrons. The first-order valence-electron chi connectivity index (χ1n) is 7.95. The third kappa shape index (κ3) is 6.10. The van der Waals surface area contributed by atoms with Gasteiger partial charge in [0.05, 0.1) is 5.56 Å². The summed E-state index contributed by atoms with van der Waals surface area (Å²) in [6, 6.07) is 16.3. The lowest BCUT2D eigenvalue weighted by Crippen LogP contribution is -2.26. The largest absolute Gasteiger partial charge is 0.351 e. The number of hydrogen-bond donors (Lipinski definition) is 1. The Bertz CT molecular complexity index is 668. The molecule has 0 aliphatic carbocycles. The minimum absolute atomic E-state index is 0.00176. The Labute approximate surface area is 153 Å². The van der Waals surface area contributed by atoms with E-state index in [0.717, 1.165) is 27.7 Å². The molecule has 0 spiro atoms. The van der Waals surface area contributed by atoms with E-state index in [0.29, 0.717) is 6.54 Å². The van der Waals surface area contributed by atoms with Crippen LogP contribution >= 0.6 is 23.5 Å². The standard InChI is InChI=1S/C20H23NOS2/c1-3-13-24-19-7-5-4-6-18(19)20(22)21-12-14-23-15-17-10-8-16(2)9-11-17/h3-11H,1,12-15H2,2H3,(H,21,22). The number of thioether (sulfide) groups is 2. The molecule has 0 radical (unpaired) electrons. The van der Waals surface area contributed by atoms with E-state index in [-0.39, 0.29) is 5.91 Å². The molecule has 0 saturated carbocycles. The van der Waals surface area contributed by atoms with Crippen molar-refractivity contribution in [3.8, 4) is 0 Å². The molecule has 2 aromatic rings. The summed E-state index contributed by atoms with van der Waals surface area (Å²) in [4.78, 5) is 13.3. The number of benzene rings is 2. The van der Waals surface area contributed by atoms with Crippen LogP contribution in [0.4, 0.5) is 0 Å². The van der Waals surface area contributed by atoms with Gasteiger partial charge in [0.2, 0.25) is 0 Å². The highest BCUT2D eigenvalue weighted by Gasteiger charge is 2.10. The number of carbonyl (C=O) groups is 1. The van der Waals surface area contributed by atoms with Gasteiger partial charge in [0.15, 0.2) is 0 Å². The molecule has 2 nitrogen and oxygen atoms in total. The van der Waals surface area contributed by atoms with Gasteiger partial charge in [0.1, 0.15) is 0 Å². The van der Waals surface area contributed by atoms with Crippen LogP contribution in [0.2, 0.25) is 0 Å². The molecule has 0 saturated heterocycles.